The zero-order chi connectivity index (χ0) is 12.7. The summed E-state index contributed by atoms with van der Waals surface area (Å²) in [5.41, 5.74) is 0. The lowest BCUT2D eigenvalue weighted by atomic mass is 10.5. The van der Waals surface area contributed by atoms with Gasteiger partial charge in [0.2, 0.25) is 10.0 Å². The van der Waals surface area contributed by atoms with Gasteiger partial charge in [0.25, 0.3) is 0 Å². The number of sulfonamides is 1. The van der Waals surface area contributed by atoms with Crippen molar-refractivity contribution in [3.8, 4) is 0 Å². The number of hydrogen-bond acceptors (Lipinski definition) is 5. The van der Waals surface area contributed by atoms with Gasteiger partial charge >= 0.3 is 5.97 Å². The van der Waals surface area contributed by atoms with Crippen molar-refractivity contribution in [1.82, 2.24) is 9.71 Å². The molecule has 0 radical (unpaired) electrons. The Kier molecular flexibility index (Phi) is 5.05. The average Bonchev–Trinajstić information content (AvgIpc) is 2.35. The highest BCUT2D eigenvalue weighted by molar-refractivity contribution is 7.89. The average molecular weight is 258 g/mol. The van der Waals surface area contributed by atoms with Crippen LogP contribution in [0.5, 0.6) is 0 Å². The lowest BCUT2D eigenvalue weighted by Gasteiger charge is -2.06. The molecule has 1 rings (SSSR count). The molecule has 1 aromatic rings. The van der Waals surface area contributed by atoms with Crippen molar-refractivity contribution in [3.05, 3.63) is 24.5 Å². The fourth-order valence-corrected chi connectivity index (χ4v) is 2.01. The van der Waals surface area contributed by atoms with Crippen molar-refractivity contribution in [2.45, 2.75) is 18.2 Å². The molecule has 0 fully saturated rings. The van der Waals surface area contributed by atoms with Gasteiger partial charge in [0.05, 0.1) is 0 Å². The fraction of sp³-hybridized carbons (Fsp3) is 0.400. The minimum absolute atomic E-state index is 0.0200. The van der Waals surface area contributed by atoms with Crippen molar-refractivity contribution in [3.63, 3.8) is 0 Å². The van der Waals surface area contributed by atoms with Crippen molar-refractivity contribution in [2.75, 3.05) is 13.2 Å². The number of carbonyl (C=O) groups is 1. The SMILES string of the molecule is CCC(=O)OCCNS(=O)(=O)c1cccnc1. The van der Waals surface area contributed by atoms with Gasteiger partial charge in [-0.2, -0.15) is 0 Å². The number of aromatic nitrogens is 1. The van der Waals surface area contributed by atoms with E-state index in [4.69, 9.17) is 4.74 Å². The predicted octanol–water partition coefficient (Wildman–Crippen LogP) is 0.313. The normalized spacial score (nSPS) is 11.1. The van der Waals surface area contributed by atoms with E-state index in [1.807, 2.05) is 0 Å². The number of hydrogen-bond donors (Lipinski definition) is 1. The summed E-state index contributed by atoms with van der Waals surface area (Å²) in [4.78, 5) is 14.6. The largest absolute Gasteiger partial charge is 0.464 e. The van der Waals surface area contributed by atoms with Crippen LogP contribution < -0.4 is 4.72 Å². The second-order valence-corrected chi connectivity index (χ2v) is 4.93. The molecule has 0 bridgehead atoms. The predicted molar refractivity (Wildman–Crippen MR) is 60.7 cm³/mol. The smallest absolute Gasteiger partial charge is 0.305 e. The minimum Gasteiger partial charge on any atom is -0.464 e. The van der Waals surface area contributed by atoms with Crippen molar-refractivity contribution < 1.29 is 17.9 Å². The molecule has 6 nitrogen and oxygen atoms in total. The van der Waals surface area contributed by atoms with E-state index < -0.39 is 10.0 Å². The summed E-state index contributed by atoms with van der Waals surface area (Å²) in [6.45, 7) is 1.73. The second-order valence-electron chi connectivity index (χ2n) is 3.16. The maximum Gasteiger partial charge on any atom is 0.305 e. The Balaban J connectivity index is 2.44. The van der Waals surface area contributed by atoms with Gasteiger partial charge in [-0.3, -0.25) is 9.78 Å². The van der Waals surface area contributed by atoms with Gasteiger partial charge in [0, 0.05) is 25.4 Å². The van der Waals surface area contributed by atoms with Gasteiger partial charge in [-0.15, -0.1) is 0 Å². The summed E-state index contributed by atoms with van der Waals surface area (Å²) < 4.78 is 30.4. The van der Waals surface area contributed by atoms with Crippen LogP contribution in [-0.4, -0.2) is 32.5 Å². The van der Waals surface area contributed by atoms with Crippen LogP contribution in [0.2, 0.25) is 0 Å². The number of rotatable bonds is 6. The Labute approximate surface area is 100 Å². The van der Waals surface area contributed by atoms with Crippen molar-refractivity contribution in [1.29, 1.82) is 0 Å². The molecule has 0 aromatic carbocycles. The maximum atomic E-state index is 11.7. The number of carbonyl (C=O) groups excluding carboxylic acids is 1. The summed E-state index contributed by atoms with van der Waals surface area (Å²) >= 11 is 0. The van der Waals surface area contributed by atoms with E-state index >= 15 is 0 Å². The number of nitrogens with one attached hydrogen (secondary N) is 1. The molecule has 0 aliphatic rings. The lowest BCUT2D eigenvalue weighted by molar-refractivity contribution is -0.142. The van der Waals surface area contributed by atoms with E-state index in [0.717, 1.165) is 0 Å². The molecule has 0 saturated heterocycles. The number of nitrogens with zero attached hydrogens (tertiary/aromatic N) is 1. The zero-order valence-corrected chi connectivity index (χ0v) is 10.2. The second kappa shape index (κ2) is 6.31. The summed E-state index contributed by atoms with van der Waals surface area (Å²) in [6, 6.07) is 2.97. The van der Waals surface area contributed by atoms with Crippen molar-refractivity contribution in [2.24, 2.45) is 0 Å². The van der Waals surface area contributed by atoms with Gasteiger partial charge in [-0.1, -0.05) is 6.92 Å². The summed E-state index contributed by atoms with van der Waals surface area (Å²) in [6.07, 6.45) is 3.01. The molecule has 17 heavy (non-hydrogen) atoms. The molecule has 0 unspecified atom stereocenters. The minimum atomic E-state index is -3.57. The van der Waals surface area contributed by atoms with E-state index in [9.17, 15) is 13.2 Å². The molecule has 0 spiro atoms. The standard InChI is InChI=1S/C10H14N2O4S/c1-2-10(13)16-7-6-12-17(14,15)9-4-3-5-11-8-9/h3-5,8,12H,2,6-7H2,1H3. The Bertz CT molecular complexity index is 458. The molecule has 0 aliphatic carbocycles. The molecule has 1 heterocycles. The van der Waals surface area contributed by atoms with Gasteiger partial charge in [-0.05, 0) is 12.1 Å². The quantitative estimate of drug-likeness (QED) is 0.586. The van der Waals surface area contributed by atoms with E-state index in [2.05, 4.69) is 9.71 Å². The summed E-state index contributed by atoms with van der Waals surface area (Å²) in [5, 5.41) is 0. The zero-order valence-electron chi connectivity index (χ0n) is 9.42. The molecular weight excluding hydrogens is 244 g/mol. The Morgan fingerprint density at radius 3 is 2.88 bits per heavy atom. The monoisotopic (exact) mass is 258 g/mol. The molecule has 7 heteroatoms. The van der Waals surface area contributed by atoms with Crippen molar-refractivity contribution >= 4 is 16.0 Å². The van der Waals surface area contributed by atoms with E-state index in [1.54, 1.807) is 6.92 Å². The van der Waals surface area contributed by atoms with E-state index in [-0.39, 0.29) is 30.4 Å². The van der Waals surface area contributed by atoms with E-state index in [0.29, 0.717) is 0 Å². The lowest BCUT2D eigenvalue weighted by Crippen LogP contribution is -2.28. The Morgan fingerprint density at radius 1 is 1.53 bits per heavy atom. The third-order valence-corrected chi connectivity index (χ3v) is 3.34. The Hall–Kier alpha value is -1.47. The molecule has 0 atom stereocenters. The van der Waals surface area contributed by atoms with Crippen LogP contribution in [0.1, 0.15) is 13.3 Å². The number of pyridine rings is 1. The molecule has 1 N–H and O–H groups in total. The number of ether oxygens (including phenoxy) is 1. The third kappa shape index (κ3) is 4.49. The topological polar surface area (TPSA) is 85.4 Å². The maximum absolute atomic E-state index is 11.7. The van der Waals surface area contributed by atoms with Gasteiger partial charge in [-0.25, -0.2) is 13.1 Å². The highest BCUT2D eigenvalue weighted by atomic mass is 32.2. The fourth-order valence-electron chi connectivity index (χ4n) is 1.03. The highest BCUT2D eigenvalue weighted by Crippen LogP contribution is 2.04. The molecule has 0 aliphatic heterocycles. The highest BCUT2D eigenvalue weighted by Gasteiger charge is 2.12. The first-order chi connectivity index (χ1) is 8.06. The first-order valence-electron chi connectivity index (χ1n) is 5.11. The molecule has 1 aromatic heterocycles. The van der Waals surface area contributed by atoms with Crippen LogP contribution in [0.4, 0.5) is 0 Å². The summed E-state index contributed by atoms with van der Waals surface area (Å²) in [5.74, 6) is -0.356. The van der Waals surface area contributed by atoms with Crippen LogP contribution >= 0.6 is 0 Å². The van der Waals surface area contributed by atoms with Crippen LogP contribution in [0.25, 0.3) is 0 Å². The summed E-state index contributed by atoms with van der Waals surface area (Å²) in [7, 11) is -3.57. The van der Waals surface area contributed by atoms with E-state index in [1.165, 1.54) is 24.5 Å². The third-order valence-electron chi connectivity index (χ3n) is 1.89. The van der Waals surface area contributed by atoms with Crippen LogP contribution in [0.3, 0.4) is 0 Å². The first kappa shape index (κ1) is 13.6. The number of esters is 1. The van der Waals surface area contributed by atoms with Crippen LogP contribution in [0.15, 0.2) is 29.4 Å². The Morgan fingerprint density at radius 2 is 2.29 bits per heavy atom. The first-order valence-corrected chi connectivity index (χ1v) is 6.60. The van der Waals surface area contributed by atoms with Gasteiger partial charge < -0.3 is 4.74 Å². The molecular formula is C10H14N2O4S. The van der Waals surface area contributed by atoms with Gasteiger partial charge in [0.1, 0.15) is 11.5 Å². The van der Waals surface area contributed by atoms with Crippen LogP contribution in [0, 0.1) is 0 Å². The van der Waals surface area contributed by atoms with Crippen LogP contribution in [-0.2, 0) is 19.6 Å². The molecule has 0 saturated carbocycles. The molecule has 94 valence electrons. The van der Waals surface area contributed by atoms with Gasteiger partial charge in [0.15, 0.2) is 0 Å². The molecule has 0 amide bonds.